The molecule has 1 unspecified atom stereocenters. The Labute approximate surface area is 121 Å². The summed E-state index contributed by atoms with van der Waals surface area (Å²) in [7, 11) is 0. The first kappa shape index (κ1) is 16.3. The summed E-state index contributed by atoms with van der Waals surface area (Å²) in [6.07, 6.45) is 0. The molecule has 1 rings (SSSR count). The molecule has 0 aliphatic carbocycles. The van der Waals surface area contributed by atoms with Crippen LogP contribution in [0, 0.1) is 13.8 Å². The fourth-order valence-corrected chi connectivity index (χ4v) is 2.51. The average molecular weight is 285 g/mol. The first-order valence-electron chi connectivity index (χ1n) is 6.99. The minimum absolute atomic E-state index is 0.0175. The van der Waals surface area contributed by atoms with Gasteiger partial charge in [-0.05, 0) is 39.9 Å². The number of carbonyl (C=O) groups is 1. The van der Waals surface area contributed by atoms with E-state index in [1.807, 2.05) is 19.9 Å². The summed E-state index contributed by atoms with van der Waals surface area (Å²) in [6, 6.07) is 1.96. The molecule has 0 bridgehead atoms. The minimum atomic E-state index is -0.461. The van der Waals surface area contributed by atoms with Gasteiger partial charge in [-0.1, -0.05) is 13.8 Å². The van der Waals surface area contributed by atoms with Gasteiger partial charge in [0.15, 0.2) is 5.78 Å². The Morgan fingerprint density at radius 1 is 1.37 bits per heavy atom. The first-order valence-corrected chi connectivity index (χ1v) is 7.43. The summed E-state index contributed by atoms with van der Waals surface area (Å²) in [5.41, 5.74) is 2.92. The van der Waals surface area contributed by atoms with Crippen molar-refractivity contribution in [2.45, 2.75) is 46.5 Å². The SMILES string of the molecule is CCN(CC)CCn1c(C)cc(C(=O)C(C)Cl)c1C. The number of halogens is 1. The van der Waals surface area contributed by atoms with Crippen LogP contribution in [0.15, 0.2) is 6.07 Å². The van der Waals surface area contributed by atoms with E-state index in [1.165, 1.54) is 0 Å². The molecule has 1 aromatic rings. The maximum absolute atomic E-state index is 12.0. The minimum Gasteiger partial charge on any atom is -0.347 e. The number of ketones is 1. The molecule has 1 heterocycles. The lowest BCUT2D eigenvalue weighted by molar-refractivity contribution is 0.0991. The second kappa shape index (κ2) is 7.11. The third-order valence-electron chi connectivity index (χ3n) is 3.73. The number of likely N-dealkylation sites (N-methyl/N-ethyl adjacent to an activating group) is 1. The molecule has 1 aromatic heterocycles. The van der Waals surface area contributed by atoms with Gasteiger partial charge in [-0.2, -0.15) is 0 Å². The summed E-state index contributed by atoms with van der Waals surface area (Å²) in [6.45, 7) is 14.2. The largest absolute Gasteiger partial charge is 0.347 e. The monoisotopic (exact) mass is 284 g/mol. The number of aryl methyl sites for hydroxylation is 1. The zero-order chi connectivity index (χ0) is 14.6. The van der Waals surface area contributed by atoms with Crippen molar-refractivity contribution in [3.05, 3.63) is 23.0 Å². The van der Waals surface area contributed by atoms with Crippen LogP contribution in [0.25, 0.3) is 0 Å². The number of carbonyl (C=O) groups excluding carboxylic acids is 1. The predicted octanol–water partition coefficient (Wildman–Crippen LogP) is 3.26. The highest BCUT2D eigenvalue weighted by molar-refractivity contribution is 6.33. The van der Waals surface area contributed by atoms with Crippen molar-refractivity contribution in [2.75, 3.05) is 19.6 Å². The average Bonchev–Trinajstić information content (AvgIpc) is 2.66. The van der Waals surface area contributed by atoms with Gasteiger partial charge in [0.05, 0.1) is 5.38 Å². The molecule has 19 heavy (non-hydrogen) atoms. The molecule has 0 aliphatic rings. The van der Waals surface area contributed by atoms with E-state index in [4.69, 9.17) is 11.6 Å². The molecule has 0 saturated carbocycles. The normalized spacial score (nSPS) is 13.0. The van der Waals surface area contributed by atoms with Gasteiger partial charge in [-0.25, -0.2) is 0 Å². The smallest absolute Gasteiger partial charge is 0.182 e. The topological polar surface area (TPSA) is 25.2 Å². The van der Waals surface area contributed by atoms with Crippen LogP contribution in [0.5, 0.6) is 0 Å². The van der Waals surface area contributed by atoms with Crippen LogP contribution >= 0.6 is 11.6 Å². The van der Waals surface area contributed by atoms with Crippen molar-refractivity contribution in [2.24, 2.45) is 0 Å². The van der Waals surface area contributed by atoms with Crippen LogP contribution < -0.4 is 0 Å². The van der Waals surface area contributed by atoms with Gasteiger partial charge in [-0.15, -0.1) is 11.6 Å². The van der Waals surface area contributed by atoms with Crippen molar-refractivity contribution in [1.29, 1.82) is 0 Å². The Morgan fingerprint density at radius 2 is 1.95 bits per heavy atom. The van der Waals surface area contributed by atoms with Gasteiger partial charge in [0.25, 0.3) is 0 Å². The first-order chi connectivity index (χ1) is 8.92. The maximum atomic E-state index is 12.0. The van der Waals surface area contributed by atoms with E-state index in [-0.39, 0.29) is 5.78 Å². The van der Waals surface area contributed by atoms with Gasteiger partial charge in [0.2, 0.25) is 0 Å². The van der Waals surface area contributed by atoms with Crippen LogP contribution in [0.1, 0.15) is 42.5 Å². The fourth-order valence-electron chi connectivity index (χ4n) is 2.39. The molecule has 108 valence electrons. The quantitative estimate of drug-likeness (QED) is 0.567. The van der Waals surface area contributed by atoms with Crippen molar-refractivity contribution < 1.29 is 4.79 Å². The van der Waals surface area contributed by atoms with E-state index in [2.05, 4.69) is 23.3 Å². The van der Waals surface area contributed by atoms with Crippen LogP contribution in [0.2, 0.25) is 0 Å². The molecule has 0 amide bonds. The van der Waals surface area contributed by atoms with Crippen LogP contribution in [0.3, 0.4) is 0 Å². The summed E-state index contributed by atoms with van der Waals surface area (Å²) in [5.74, 6) is 0.0175. The summed E-state index contributed by atoms with van der Waals surface area (Å²) in [4.78, 5) is 14.4. The highest BCUT2D eigenvalue weighted by Gasteiger charge is 2.19. The number of hydrogen-bond donors (Lipinski definition) is 0. The molecule has 0 aliphatic heterocycles. The number of rotatable bonds is 7. The number of nitrogens with zero attached hydrogens (tertiary/aromatic N) is 2. The molecular weight excluding hydrogens is 260 g/mol. The molecule has 1 atom stereocenters. The molecule has 0 fully saturated rings. The molecule has 4 heteroatoms. The Hall–Kier alpha value is -0.800. The van der Waals surface area contributed by atoms with Gasteiger partial charge in [0, 0.05) is 30.0 Å². The van der Waals surface area contributed by atoms with E-state index in [0.717, 1.165) is 43.1 Å². The highest BCUT2D eigenvalue weighted by atomic mass is 35.5. The van der Waals surface area contributed by atoms with Crippen LogP contribution in [-0.4, -0.2) is 40.3 Å². The number of Topliss-reactive ketones (excluding diaryl/α,β-unsaturated/α-hetero) is 1. The third kappa shape index (κ3) is 3.83. The molecule has 0 radical (unpaired) electrons. The number of alkyl halides is 1. The number of hydrogen-bond acceptors (Lipinski definition) is 2. The van der Waals surface area contributed by atoms with Crippen molar-refractivity contribution in [3.8, 4) is 0 Å². The molecule has 3 nitrogen and oxygen atoms in total. The van der Waals surface area contributed by atoms with Gasteiger partial charge < -0.3 is 9.47 Å². The Bertz CT molecular complexity index is 434. The molecule has 0 spiro atoms. The van der Waals surface area contributed by atoms with E-state index in [0.29, 0.717) is 0 Å². The van der Waals surface area contributed by atoms with Gasteiger partial charge in [0.1, 0.15) is 0 Å². The lowest BCUT2D eigenvalue weighted by Crippen LogP contribution is -2.27. The molecule has 0 N–H and O–H groups in total. The Balaban J connectivity index is 2.88. The lowest BCUT2D eigenvalue weighted by Gasteiger charge is -2.19. The van der Waals surface area contributed by atoms with Gasteiger partial charge in [-0.3, -0.25) is 4.79 Å². The molecule has 0 saturated heterocycles. The molecule has 0 aromatic carbocycles. The second-order valence-corrected chi connectivity index (χ2v) is 5.60. The van der Waals surface area contributed by atoms with E-state index >= 15 is 0 Å². The van der Waals surface area contributed by atoms with E-state index in [1.54, 1.807) is 6.92 Å². The van der Waals surface area contributed by atoms with E-state index in [9.17, 15) is 4.79 Å². The highest BCUT2D eigenvalue weighted by Crippen LogP contribution is 2.18. The second-order valence-electron chi connectivity index (χ2n) is 4.94. The van der Waals surface area contributed by atoms with Crippen LogP contribution in [0.4, 0.5) is 0 Å². The zero-order valence-electron chi connectivity index (χ0n) is 12.7. The Morgan fingerprint density at radius 3 is 2.42 bits per heavy atom. The summed E-state index contributed by atoms with van der Waals surface area (Å²) >= 11 is 5.90. The predicted molar refractivity (Wildman–Crippen MR) is 81.3 cm³/mol. The maximum Gasteiger partial charge on any atom is 0.182 e. The van der Waals surface area contributed by atoms with Crippen molar-refractivity contribution >= 4 is 17.4 Å². The van der Waals surface area contributed by atoms with Gasteiger partial charge >= 0.3 is 0 Å². The standard InChI is InChI=1S/C15H25ClN2O/c1-6-17(7-2)8-9-18-11(3)10-14(13(18)5)15(19)12(4)16/h10,12H,6-9H2,1-5H3. The third-order valence-corrected chi connectivity index (χ3v) is 3.93. The zero-order valence-corrected chi connectivity index (χ0v) is 13.4. The summed E-state index contributed by atoms with van der Waals surface area (Å²) < 4.78 is 2.21. The molecular formula is C15H25ClN2O. The van der Waals surface area contributed by atoms with Crippen molar-refractivity contribution in [3.63, 3.8) is 0 Å². The fraction of sp³-hybridized carbons (Fsp3) is 0.667. The van der Waals surface area contributed by atoms with Crippen LogP contribution in [-0.2, 0) is 6.54 Å². The van der Waals surface area contributed by atoms with E-state index < -0.39 is 5.38 Å². The number of aromatic nitrogens is 1. The summed E-state index contributed by atoms with van der Waals surface area (Å²) in [5, 5.41) is -0.461. The lowest BCUT2D eigenvalue weighted by atomic mass is 10.1. The Kier molecular flexibility index (Phi) is 6.08. The van der Waals surface area contributed by atoms with Crippen molar-refractivity contribution in [1.82, 2.24) is 9.47 Å².